The Labute approximate surface area is 225 Å². The maximum absolute atomic E-state index is 4.06. The predicted octanol–water partition coefficient (Wildman–Crippen LogP) is 10.7. The van der Waals surface area contributed by atoms with Crippen LogP contribution in [0, 0.1) is 0 Å². The Balaban J connectivity index is 1.23. The molecule has 0 saturated heterocycles. The third-order valence-corrected chi connectivity index (χ3v) is 16.9. The Morgan fingerprint density at radius 2 is 0.722 bits per heavy atom. The van der Waals surface area contributed by atoms with Crippen molar-refractivity contribution in [1.29, 1.82) is 0 Å². The molecule has 2 nitrogen and oxygen atoms in total. The smallest absolute Gasteiger partial charge is 0.0578 e. The average molecular weight is 529 g/mol. The SMILES string of the molecule is c1ccc(NCP(C2CCCCC2)C2CCCCC2)c(NCP(C2CCCCC2)C2CCCCC2)c1. The first kappa shape index (κ1) is 27.3. The van der Waals surface area contributed by atoms with Crippen molar-refractivity contribution >= 4 is 27.2 Å². The third-order valence-electron chi connectivity index (χ3n) is 10.0. The summed E-state index contributed by atoms with van der Waals surface area (Å²) in [5.74, 6) is 0. The molecule has 0 atom stereocenters. The van der Waals surface area contributed by atoms with E-state index in [0.717, 1.165) is 22.6 Å². The molecule has 36 heavy (non-hydrogen) atoms. The summed E-state index contributed by atoms with van der Waals surface area (Å²) in [5, 5.41) is 8.13. The molecule has 1 aromatic carbocycles. The molecule has 4 aliphatic carbocycles. The van der Waals surface area contributed by atoms with Gasteiger partial charge in [0.15, 0.2) is 0 Å². The summed E-state index contributed by atoms with van der Waals surface area (Å²) in [6, 6.07) is 9.23. The summed E-state index contributed by atoms with van der Waals surface area (Å²) in [5.41, 5.74) is 6.87. The van der Waals surface area contributed by atoms with Gasteiger partial charge in [0.25, 0.3) is 0 Å². The fourth-order valence-corrected chi connectivity index (χ4v) is 15.0. The van der Waals surface area contributed by atoms with Crippen LogP contribution in [0.1, 0.15) is 128 Å². The number of hydrogen-bond acceptors (Lipinski definition) is 2. The van der Waals surface area contributed by atoms with E-state index in [0.29, 0.717) is 0 Å². The van der Waals surface area contributed by atoms with Crippen molar-refractivity contribution in [1.82, 2.24) is 0 Å². The molecule has 4 fully saturated rings. The zero-order valence-corrected chi connectivity index (χ0v) is 24.9. The van der Waals surface area contributed by atoms with Gasteiger partial charge in [0.1, 0.15) is 0 Å². The maximum Gasteiger partial charge on any atom is 0.0578 e. The summed E-state index contributed by atoms with van der Waals surface area (Å²) < 4.78 is 0. The lowest BCUT2D eigenvalue weighted by Crippen LogP contribution is -2.25. The van der Waals surface area contributed by atoms with E-state index in [1.54, 1.807) is 0 Å². The van der Waals surface area contributed by atoms with Crippen LogP contribution in [0.25, 0.3) is 0 Å². The van der Waals surface area contributed by atoms with Crippen molar-refractivity contribution in [2.24, 2.45) is 0 Å². The van der Waals surface area contributed by atoms with Crippen LogP contribution in [0.3, 0.4) is 0 Å². The highest BCUT2D eigenvalue weighted by molar-refractivity contribution is 7.59. The second kappa shape index (κ2) is 14.7. The molecule has 0 spiro atoms. The quantitative estimate of drug-likeness (QED) is 0.295. The first-order chi connectivity index (χ1) is 17.9. The molecule has 4 aliphatic rings. The van der Waals surface area contributed by atoms with Gasteiger partial charge >= 0.3 is 0 Å². The molecule has 0 unspecified atom stereocenters. The Morgan fingerprint density at radius 3 is 1.00 bits per heavy atom. The number of benzene rings is 1. The van der Waals surface area contributed by atoms with Crippen LogP contribution in [0.5, 0.6) is 0 Å². The maximum atomic E-state index is 4.06. The van der Waals surface area contributed by atoms with E-state index in [1.807, 2.05) is 0 Å². The standard InChI is InChI=1S/C32H54N2P2/c1-5-15-27(16-6-1)35(28-17-7-2-8-18-28)25-33-31-23-13-14-24-32(31)34-26-36(29-19-9-3-10-20-29)30-21-11-4-12-22-30/h13-14,23-24,27-30,33-34H,1-12,15-22,25-26H2. The van der Waals surface area contributed by atoms with E-state index in [1.165, 1.54) is 152 Å². The first-order valence-electron chi connectivity index (χ1n) is 16.0. The van der Waals surface area contributed by atoms with Gasteiger partial charge in [0.2, 0.25) is 0 Å². The van der Waals surface area contributed by atoms with Crippen LogP contribution in [-0.4, -0.2) is 35.2 Å². The molecular weight excluding hydrogens is 474 g/mol. The minimum atomic E-state index is 0.0898. The van der Waals surface area contributed by atoms with Gasteiger partial charge in [0, 0.05) is 12.6 Å². The van der Waals surface area contributed by atoms with Crippen molar-refractivity contribution in [3.05, 3.63) is 24.3 Å². The topological polar surface area (TPSA) is 24.1 Å². The lowest BCUT2D eigenvalue weighted by molar-refractivity contribution is 0.484. The predicted molar refractivity (Wildman–Crippen MR) is 165 cm³/mol. The largest absolute Gasteiger partial charge is 0.379 e. The summed E-state index contributed by atoms with van der Waals surface area (Å²) in [7, 11) is 0.180. The van der Waals surface area contributed by atoms with Gasteiger partial charge in [0.05, 0.1) is 11.4 Å². The van der Waals surface area contributed by atoms with Gasteiger partial charge in [-0.05, 0) is 86.1 Å². The molecule has 0 bridgehead atoms. The van der Waals surface area contributed by atoms with Gasteiger partial charge in [-0.2, -0.15) is 0 Å². The monoisotopic (exact) mass is 528 g/mol. The number of nitrogens with one attached hydrogen (secondary N) is 2. The molecular formula is C32H54N2P2. The molecule has 0 heterocycles. The van der Waals surface area contributed by atoms with Crippen LogP contribution in [0.4, 0.5) is 11.4 Å². The minimum absolute atomic E-state index is 0.0898. The zero-order chi connectivity index (χ0) is 24.4. The molecule has 0 amide bonds. The highest BCUT2D eigenvalue weighted by atomic mass is 31.1. The normalized spacial score (nSPS) is 23.8. The van der Waals surface area contributed by atoms with Crippen molar-refractivity contribution in [3.63, 3.8) is 0 Å². The second-order valence-electron chi connectivity index (χ2n) is 12.4. The van der Waals surface area contributed by atoms with Crippen LogP contribution in [-0.2, 0) is 0 Å². The molecule has 4 heteroatoms. The Morgan fingerprint density at radius 1 is 0.444 bits per heavy atom. The number of rotatable bonds is 10. The van der Waals surface area contributed by atoms with E-state index in [-0.39, 0.29) is 15.8 Å². The van der Waals surface area contributed by atoms with E-state index in [2.05, 4.69) is 34.9 Å². The fourth-order valence-electron chi connectivity index (χ4n) is 7.91. The van der Waals surface area contributed by atoms with Gasteiger partial charge < -0.3 is 10.6 Å². The van der Waals surface area contributed by atoms with E-state index >= 15 is 0 Å². The minimum Gasteiger partial charge on any atom is -0.379 e. The van der Waals surface area contributed by atoms with Crippen LogP contribution < -0.4 is 10.6 Å². The molecule has 2 N–H and O–H groups in total. The highest BCUT2D eigenvalue weighted by Crippen LogP contribution is 2.57. The van der Waals surface area contributed by atoms with E-state index in [4.69, 9.17) is 0 Å². The van der Waals surface area contributed by atoms with Gasteiger partial charge in [-0.1, -0.05) is 105 Å². The van der Waals surface area contributed by atoms with Gasteiger partial charge in [-0.25, -0.2) is 0 Å². The Kier molecular flexibility index (Phi) is 11.2. The molecule has 0 radical (unpaired) electrons. The average Bonchev–Trinajstić information content (AvgIpc) is 2.96. The fraction of sp³-hybridized carbons (Fsp3) is 0.812. The van der Waals surface area contributed by atoms with Crippen LogP contribution >= 0.6 is 15.8 Å². The zero-order valence-electron chi connectivity index (χ0n) is 23.1. The molecule has 1 aromatic rings. The third kappa shape index (κ3) is 7.63. The molecule has 4 saturated carbocycles. The lowest BCUT2D eigenvalue weighted by atomic mass is 9.99. The number of anilines is 2. The van der Waals surface area contributed by atoms with Gasteiger partial charge in [-0.15, -0.1) is 0 Å². The Bertz CT molecular complexity index is 647. The van der Waals surface area contributed by atoms with Crippen molar-refractivity contribution in [2.45, 2.75) is 151 Å². The Hall–Kier alpha value is -0.320. The highest BCUT2D eigenvalue weighted by Gasteiger charge is 2.32. The summed E-state index contributed by atoms with van der Waals surface area (Å²) in [4.78, 5) is 0. The molecule has 5 rings (SSSR count). The first-order valence-corrected chi connectivity index (χ1v) is 19.3. The van der Waals surface area contributed by atoms with Crippen LogP contribution in [0.2, 0.25) is 0 Å². The molecule has 202 valence electrons. The van der Waals surface area contributed by atoms with E-state index in [9.17, 15) is 0 Å². The summed E-state index contributed by atoms with van der Waals surface area (Å²) in [6.07, 6.45) is 32.4. The molecule has 0 aliphatic heterocycles. The van der Waals surface area contributed by atoms with E-state index < -0.39 is 0 Å². The summed E-state index contributed by atoms with van der Waals surface area (Å²) >= 11 is 0. The van der Waals surface area contributed by atoms with Crippen molar-refractivity contribution in [3.8, 4) is 0 Å². The number of para-hydroxylation sites is 2. The van der Waals surface area contributed by atoms with Gasteiger partial charge in [-0.3, -0.25) is 0 Å². The van der Waals surface area contributed by atoms with Crippen molar-refractivity contribution < 1.29 is 0 Å². The summed E-state index contributed by atoms with van der Waals surface area (Å²) in [6.45, 7) is 0. The van der Waals surface area contributed by atoms with Crippen LogP contribution in [0.15, 0.2) is 24.3 Å². The second-order valence-corrected chi connectivity index (χ2v) is 18.0. The lowest BCUT2D eigenvalue weighted by Gasteiger charge is -2.39. The molecule has 0 aromatic heterocycles. The number of hydrogen-bond donors (Lipinski definition) is 2. The van der Waals surface area contributed by atoms with Crippen molar-refractivity contribution in [2.75, 3.05) is 23.2 Å².